The Morgan fingerprint density at radius 2 is 1.61 bits per heavy atom. The molecule has 2 aliphatic rings. The zero-order valence-electron chi connectivity index (χ0n) is 24.8. The van der Waals surface area contributed by atoms with Crippen LogP contribution in [0.2, 0.25) is 43.8 Å². The molecule has 0 unspecified atom stereocenters. The summed E-state index contributed by atoms with van der Waals surface area (Å²) in [6.07, 6.45) is 0.787. The molecule has 0 aromatic heterocycles. The standard InChI is InChI=1S/C27H49BO6Si2/c1-25(2,3)36(11,12)32-18-20-17-22-21(13-14-30-22)24(31-19-29-15-16-35(8,9)10)23(20)28-33-26(4,5)27(6,7)34-28/h17H,13-16,18-19H2,1-12H3. The number of hydrogen-bond acceptors (Lipinski definition) is 6. The van der Waals surface area contributed by atoms with Crippen molar-refractivity contribution >= 4 is 29.0 Å². The highest BCUT2D eigenvalue weighted by Gasteiger charge is 2.53. The summed E-state index contributed by atoms with van der Waals surface area (Å²) in [6.45, 7) is 28.7. The average Bonchev–Trinajstić information content (AvgIpc) is 3.25. The number of rotatable bonds is 10. The van der Waals surface area contributed by atoms with E-state index >= 15 is 0 Å². The van der Waals surface area contributed by atoms with Gasteiger partial charge in [-0.2, -0.15) is 0 Å². The Morgan fingerprint density at radius 1 is 1.00 bits per heavy atom. The van der Waals surface area contributed by atoms with Crippen molar-refractivity contribution < 1.29 is 27.9 Å². The van der Waals surface area contributed by atoms with Gasteiger partial charge in [0.1, 0.15) is 11.5 Å². The molecule has 0 spiro atoms. The fraction of sp³-hybridized carbons (Fsp3) is 0.778. The Balaban J connectivity index is 1.97. The van der Waals surface area contributed by atoms with Crippen molar-refractivity contribution in [2.75, 3.05) is 20.0 Å². The van der Waals surface area contributed by atoms with Crippen molar-refractivity contribution in [1.82, 2.24) is 0 Å². The molecular formula is C27H49BO6Si2. The van der Waals surface area contributed by atoms with Crippen LogP contribution < -0.4 is 14.9 Å². The van der Waals surface area contributed by atoms with Gasteiger partial charge >= 0.3 is 7.12 Å². The lowest BCUT2D eigenvalue weighted by atomic mass is 9.74. The third-order valence-electron chi connectivity index (χ3n) is 8.24. The van der Waals surface area contributed by atoms with E-state index in [4.69, 9.17) is 27.9 Å². The van der Waals surface area contributed by atoms with Crippen LogP contribution in [0.15, 0.2) is 6.07 Å². The molecule has 0 aliphatic carbocycles. The number of benzene rings is 1. The lowest BCUT2D eigenvalue weighted by molar-refractivity contribution is 0.00578. The minimum Gasteiger partial charge on any atom is -0.493 e. The van der Waals surface area contributed by atoms with Gasteiger partial charge in [0.25, 0.3) is 0 Å². The molecule has 2 heterocycles. The Bertz CT molecular complexity index is 918. The third kappa shape index (κ3) is 6.59. The van der Waals surface area contributed by atoms with E-state index in [1.165, 1.54) is 0 Å². The van der Waals surface area contributed by atoms with Crippen molar-refractivity contribution in [2.24, 2.45) is 0 Å². The molecule has 0 radical (unpaired) electrons. The van der Waals surface area contributed by atoms with Gasteiger partial charge in [0.2, 0.25) is 0 Å². The average molecular weight is 537 g/mol. The lowest BCUT2D eigenvalue weighted by Gasteiger charge is -2.36. The molecule has 0 bridgehead atoms. The van der Waals surface area contributed by atoms with Gasteiger partial charge in [0.15, 0.2) is 15.1 Å². The third-order valence-corrected chi connectivity index (χ3v) is 14.4. The van der Waals surface area contributed by atoms with E-state index in [1.807, 2.05) is 0 Å². The summed E-state index contributed by atoms with van der Waals surface area (Å²) >= 11 is 0. The van der Waals surface area contributed by atoms with Crippen LogP contribution in [-0.2, 0) is 31.5 Å². The first-order chi connectivity index (χ1) is 16.3. The molecule has 1 saturated heterocycles. The van der Waals surface area contributed by atoms with Gasteiger partial charge in [-0.25, -0.2) is 0 Å². The molecule has 204 valence electrons. The van der Waals surface area contributed by atoms with Crippen molar-refractivity contribution in [3.8, 4) is 11.5 Å². The summed E-state index contributed by atoms with van der Waals surface area (Å²) in [6, 6.07) is 3.21. The van der Waals surface area contributed by atoms with Crippen LogP contribution in [0, 0.1) is 0 Å². The first-order valence-electron chi connectivity index (χ1n) is 13.4. The van der Waals surface area contributed by atoms with Gasteiger partial charge in [-0.1, -0.05) is 40.4 Å². The second-order valence-corrected chi connectivity index (χ2v) is 24.4. The summed E-state index contributed by atoms with van der Waals surface area (Å²) in [5, 5.41) is 0.105. The van der Waals surface area contributed by atoms with E-state index in [0.717, 1.165) is 40.6 Å². The Kier molecular flexibility index (Phi) is 8.56. The largest absolute Gasteiger partial charge is 0.499 e. The molecule has 3 rings (SSSR count). The number of hydrogen-bond donors (Lipinski definition) is 0. The van der Waals surface area contributed by atoms with E-state index in [9.17, 15) is 0 Å². The zero-order chi connectivity index (χ0) is 27.2. The smallest absolute Gasteiger partial charge is 0.493 e. The lowest BCUT2D eigenvalue weighted by Crippen LogP contribution is -2.43. The first kappa shape index (κ1) is 29.7. The Morgan fingerprint density at radius 3 is 2.17 bits per heavy atom. The molecule has 2 aliphatic heterocycles. The van der Waals surface area contributed by atoms with E-state index in [-0.39, 0.29) is 11.8 Å². The van der Waals surface area contributed by atoms with E-state index in [0.29, 0.717) is 19.8 Å². The molecule has 0 atom stereocenters. The van der Waals surface area contributed by atoms with Crippen LogP contribution in [0.4, 0.5) is 0 Å². The second kappa shape index (κ2) is 10.4. The van der Waals surface area contributed by atoms with Gasteiger partial charge in [0, 0.05) is 32.1 Å². The van der Waals surface area contributed by atoms with E-state index < -0.39 is 34.7 Å². The normalized spacial score (nSPS) is 19.4. The monoisotopic (exact) mass is 536 g/mol. The molecule has 1 aromatic carbocycles. The minimum absolute atomic E-state index is 0.105. The second-order valence-electron chi connectivity index (χ2n) is 14.0. The summed E-state index contributed by atoms with van der Waals surface area (Å²) < 4.78 is 38.1. The Labute approximate surface area is 222 Å². The van der Waals surface area contributed by atoms with Gasteiger partial charge in [0.05, 0.1) is 24.4 Å². The molecule has 0 N–H and O–H groups in total. The predicted octanol–water partition coefficient (Wildman–Crippen LogP) is 6.13. The van der Waals surface area contributed by atoms with Crippen LogP contribution in [-0.4, -0.2) is 54.7 Å². The van der Waals surface area contributed by atoms with Gasteiger partial charge in [-0.05, 0) is 63.5 Å². The Hall–Kier alpha value is -0.841. The summed E-state index contributed by atoms with van der Waals surface area (Å²) in [5.74, 6) is 1.63. The van der Waals surface area contributed by atoms with Crippen LogP contribution in [0.25, 0.3) is 0 Å². The SMILES string of the molecule is CC1(C)OB(c2c(CO[Si](C)(C)C(C)(C)C)cc3c(c2OCOCC[Si](C)(C)C)CCO3)OC1(C)C. The van der Waals surface area contributed by atoms with E-state index in [1.54, 1.807) is 0 Å². The van der Waals surface area contributed by atoms with Gasteiger partial charge in [-0.15, -0.1) is 0 Å². The molecular weight excluding hydrogens is 487 g/mol. The highest BCUT2D eigenvalue weighted by Crippen LogP contribution is 2.42. The van der Waals surface area contributed by atoms with Crippen LogP contribution in [0.3, 0.4) is 0 Å². The van der Waals surface area contributed by atoms with Crippen molar-refractivity contribution in [2.45, 2.75) is 117 Å². The van der Waals surface area contributed by atoms with Crippen LogP contribution in [0.5, 0.6) is 11.5 Å². The maximum absolute atomic E-state index is 6.67. The number of fused-ring (bicyclic) bond motifs is 1. The highest BCUT2D eigenvalue weighted by atomic mass is 28.4. The molecule has 6 nitrogen and oxygen atoms in total. The fourth-order valence-corrected chi connectivity index (χ4v) is 5.59. The maximum Gasteiger partial charge on any atom is 0.499 e. The topological polar surface area (TPSA) is 55.4 Å². The first-order valence-corrected chi connectivity index (χ1v) is 20.0. The summed E-state index contributed by atoms with van der Waals surface area (Å²) in [4.78, 5) is 0. The van der Waals surface area contributed by atoms with Crippen LogP contribution >= 0.6 is 0 Å². The van der Waals surface area contributed by atoms with Crippen molar-refractivity contribution in [1.29, 1.82) is 0 Å². The summed E-state index contributed by atoms with van der Waals surface area (Å²) in [7, 11) is -3.72. The molecule has 9 heteroatoms. The molecule has 36 heavy (non-hydrogen) atoms. The van der Waals surface area contributed by atoms with Gasteiger partial charge in [-0.3, -0.25) is 0 Å². The summed E-state index contributed by atoms with van der Waals surface area (Å²) in [5.41, 5.74) is 2.04. The number of ether oxygens (including phenoxy) is 3. The quantitative estimate of drug-likeness (QED) is 0.204. The molecule has 0 amide bonds. The van der Waals surface area contributed by atoms with Crippen molar-refractivity contribution in [3.63, 3.8) is 0 Å². The highest BCUT2D eigenvalue weighted by molar-refractivity contribution is 6.76. The minimum atomic E-state index is -1.99. The zero-order valence-corrected chi connectivity index (χ0v) is 26.8. The fourth-order valence-electron chi connectivity index (χ4n) is 3.89. The molecule has 1 aromatic rings. The maximum atomic E-state index is 6.67. The molecule has 0 saturated carbocycles. The van der Waals surface area contributed by atoms with Gasteiger partial charge < -0.3 is 27.9 Å². The predicted molar refractivity (Wildman–Crippen MR) is 153 cm³/mol. The van der Waals surface area contributed by atoms with E-state index in [2.05, 4.69) is 87.3 Å². The molecule has 1 fully saturated rings. The van der Waals surface area contributed by atoms with Crippen LogP contribution in [0.1, 0.15) is 59.6 Å². The van der Waals surface area contributed by atoms with Crippen molar-refractivity contribution in [3.05, 3.63) is 17.2 Å².